The fourth-order valence-electron chi connectivity index (χ4n) is 3.39. The molecule has 0 atom stereocenters. The lowest BCUT2D eigenvalue weighted by atomic mass is 10.2. The van der Waals surface area contributed by atoms with Crippen molar-refractivity contribution in [1.82, 2.24) is 4.90 Å². The van der Waals surface area contributed by atoms with Crippen molar-refractivity contribution in [2.75, 3.05) is 29.0 Å². The van der Waals surface area contributed by atoms with Gasteiger partial charge in [0.25, 0.3) is 0 Å². The molecule has 1 saturated heterocycles. The molecule has 29 heavy (non-hydrogen) atoms. The molecule has 7 nitrogen and oxygen atoms in total. The summed E-state index contributed by atoms with van der Waals surface area (Å²) in [6.45, 7) is 2.73. The van der Waals surface area contributed by atoms with Gasteiger partial charge in [0.15, 0.2) is 0 Å². The van der Waals surface area contributed by atoms with Crippen LogP contribution in [0.1, 0.15) is 24.0 Å². The Morgan fingerprint density at radius 3 is 2.59 bits per heavy atom. The molecule has 0 aromatic heterocycles. The van der Waals surface area contributed by atoms with Crippen molar-refractivity contribution in [2.24, 2.45) is 0 Å². The minimum Gasteiger partial charge on any atom is -0.338 e. The van der Waals surface area contributed by atoms with E-state index in [-0.39, 0.29) is 12.5 Å². The molecule has 0 aliphatic carbocycles. The minimum atomic E-state index is -3.63. The van der Waals surface area contributed by atoms with E-state index in [4.69, 9.17) is 0 Å². The number of amides is 2. The van der Waals surface area contributed by atoms with Crippen LogP contribution in [-0.4, -0.2) is 44.5 Å². The van der Waals surface area contributed by atoms with Crippen molar-refractivity contribution < 1.29 is 18.0 Å². The van der Waals surface area contributed by atoms with Crippen molar-refractivity contribution in [2.45, 2.75) is 26.3 Å². The first-order chi connectivity index (χ1) is 13.7. The summed E-state index contributed by atoms with van der Waals surface area (Å²) in [5.74, 6) is -0.297. The van der Waals surface area contributed by atoms with E-state index in [9.17, 15) is 18.0 Å². The van der Waals surface area contributed by atoms with Gasteiger partial charge in [-0.3, -0.25) is 13.9 Å². The van der Waals surface area contributed by atoms with Crippen molar-refractivity contribution in [3.8, 4) is 0 Å². The van der Waals surface area contributed by atoms with Gasteiger partial charge in [-0.1, -0.05) is 30.3 Å². The van der Waals surface area contributed by atoms with E-state index in [0.29, 0.717) is 24.3 Å². The van der Waals surface area contributed by atoms with Gasteiger partial charge in [0.2, 0.25) is 21.8 Å². The lowest BCUT2D eigenvalue weighted by molar-refractivity contribution is -0.128. The summed E-state index contributed by atoms with van der Waals surface area (Å²) in [7, 11) is -3.63. The predicted molar refractivity (Wildman–Crippen MR) is 113 cm³/mol. The van der Waals surface area contributed by atoms with Crippen LogP contribution in [0.2, 0.25) is 0 Å². The SMILES string of the molecule is Cc1ccccc1N(CC(=O)Nc1cccc(CN2CCCC2=O)c1)S(C)(=O)=O. The van der Waals surface area contributed by atoms with Crippen molar-refractivity contribution in [3.05, 3.63) is 59.7 Å². The molecule has 1 fully saturated rings. The third-order valence-corrected chi connectivity index (χ3v) is 5.95. The first-order valence-corrected chi connectivity index (χ1v) is 11.3. The average molecular weight is 416 g/mol. The highest BCUT2D eigenvalue weighted by molar-refractivity contribution is 7.92. The number of carbonyl (C=O) groups is 2. The Labute approximate surface area is 171 Å². The predicted octanol–water partition coefficient (Wildman–Crippen LogP) is 2.52. The van der Waals surface area contributed by atoms with Gasteiger partial charge >= 0.3 is 0 Å². The largest absolute Gasteiger partial charge is 0.338 e. The monoisotopic (exact) mass is 415 g/mol. The Bertz CT molecular complexity index is 1020. The first kappa shape index (κ1) is 20.9. The summed E-state index contributed by atoms with van der Waals surface area (Å²) in [5.41, 5.74) is 2.73. The van der Waals surface area contributed by atoms with Crippen LogP contribution in [0.5, 0.6) is 0 Å². The molecule has 0 radical (unpaired) electrons. The number of aryl methyl sites for hydroxylation is 1. The first-order valence-electron chi connectivity index (χ1n) is 9.44. The van der Waals surface area contributed by atoms with E-state index in [1.165, 1.54) is 0 Å². The van der Waals surface area contributed by atoms with Gasteiger partial charge in [-0.25, -0.2) is 8.42 Å². The molecule has 1 N–H and O–H groups in total. The molecule has 1 heterocycles. The normalized spacial score (nSPS) is 14.1. The second-order valence-corrected chi connectivity index (χ2v) is 9.13. The summed E-state index contributed by atoms with van der Waals surface area (Å²) in [5, 5.41) is 2.76. The lowest BCUT2D eigenvalue weighted by Gasteiger charge is -2.23. The summed E-state index contributed by atoms with van der Waals surface area (Å²) in [6, 6.07) is 14.3. The zero-order chi connectivity index (χ0) is 21.0. The number of para-hydroxylation sites is 1. The van der Waals surface area contributed by atoms with Gasteiger partial charge in [-0.15, -0.1) is 0 Å². The molecule has 0 saturated carbocycles. The Balaban J connectivity index is 1.71. The second-order valence-electron chi connectivity index (χ2n) is 7.22. The maximum atomic E-state index is 12.6. The van der Waals surface area contributed by atoms with E-state index >= 15 is 0 Å². The van der Waals surface area contributed by atoms with E-state index in [1.807, 2.05) is 18.2 Å². The topological polar surface area (TPSA) is 86.8 Å². The highest BCUT2D eigenvalue weighted by Gasteiger charge is 2.23. The number of sulfonamides is 1. The van der Waals surface area contributed by atoms with Crippen LogP contribution in [0, 0.1) is 6.92 Å². The average Bonchev–Trinajstić information content (AvgIpc) is 3.04. The maximum absolute atomic E-state index is 12.6. The van der Waals surface area contributed by atoms with Gasteiger partial charge < -0.3 is 10.2 Å². The van der Waals surface area contributed by atoms with Crippen LogP contribution in [0.25, 0.3) is 0 Å². The van der Waals surface area contributed by atoms with Crippen LogP contribution < -0.4 is 9.62 Å². The molecule has 0 bridgehead atoms. The minimum absolute atomic E-state index is 0.140. The third kappa shape index (κ3) is 5.35. The molecule has 154 valence electrons. The molecule has 1 aliphatic heterocycles. The molecular formula is C21H25N3O4S. The fraction of sp³-hybridized carbons (Fsp3) is 0.333. The molecule has 2 aromatic carbocycles. The number of hydrogen-bond donors (Lipinski definition) is 1. The van der Waals surface area contributed by atoms with E-state index in [2.05, 4.69) is 5.32 Å². The van der Waals surface area contributed by atoms with E-state index in [0.717, 1.165) is 34.7 Å². The lowest BCUT2D eigenvalue weighted by Crippen LogP contribution is -2.37. The zero-order valence-electron chi connectivity index (χ0n) is 16.6. The van der Waals surface area contributed by atoms with E-state index in [1.54, 1.807) is 42.2 Å². The molecule has 3 rings (SSSR count). The van der Waals surface area contributed by atoms with Gasteiger partial charge in [-0.05, 0) is 42.7 Å². The Hall–Kier alpha value is -2.87. The van der Waals surface area contributed by atoms with Crippen molar-refractivity contribution >= 4 is 33.2 Å². The number of hydrogen-bond acceptors (Lipinski definition) is 4. The number of anilines is 2. The van der Waals surface area contributed by atoms with Crippen LogP contribution >= 0.6 is 0 Å². The quantitative estimate of drug-likeness (QED) is 0.753. The summed E-state index contributed by atoms with van der Waals surface area (Å²) in [6.07, 6.45) is 2.53. The maximum Gasteiger partial charge on any atom is 0.245 e. The smallest absolute Gasteiger partial charge is 0.245 e. The van der Waals surface area contributed by atoms with Gasteiger partial charge in [0.1, 0.15) is 6.54 Å². The molecule has 0 spiro atoms. The highest BCUT2D eigenvalue weighted by atomic mass is 32.2. The van der Waals surface area contributed by atoms with Crippen LogP contribution in [0.4, 0.5) is 11.4 Å². The standard InChI is InChI=1S/C21H25N3O4S/c1-16-7-3-4-10-19(16)24(29(2,27)28)15-20(25)22-18-9-5-8-17(13-18)14-23-12-6-11-21(23)26/h3-5,7-10,13H,6,11-12,14-15H2,1-2H3,(H,22,25). The number of nitrogens with one attached hydrogen (secondary N) is 1. The number of benzene rings is 2. The van der Waals surface area contributed by atoms with Crippen molar-refractivity contribution in [3.63, 3.8) is 0 Å². The van der Waals surface area contributed by atoms with Crippen LogP contribution in [-0.2, 0) is 26.2 Å². The highest BCUT2D eigenvalue weighted by Crippen LogP contribution is 2.22. The van der Waals surface area contributed by atoms with E-state index < -0.39 is 15.9 Å². The third-order valence-electron chi connectivity index (χ3n) is 4.83. The number of carbonyl (C=O) groups excluding carboxylic acids is 2. The fourth-order valence-corrected chi connectivity index (χ4v) is 4.31. The molecule has 8 heteroatoms. The van der Waals surface area contributed by atoms with Crippen molar-refractivity contribution in [1.29, 1.82) is 0 Å². The molecule has 1 aliphatic rings. The van der Waals surface area contributed by atoms with Gasteiger partial charge in [0, 0.05) is 25.2 Å². The van der Waals surface area contributed by atoms with Crippen LogP contribution in [0.15, 0.2) is 48.5 Å². The molecule has 0 unspecified atom stereocenters. The number of nitrogens with zero attached hydrogens (tertiary/aromatic N) is 2. The van der Waals surface area contributed by atoms with Gasteiger partial charge in [0.05, 0.1) is 11.9 Å². The molecule has 2 amide bonds. The second kappa shape index (κ2) is 8.65. The Kier molecular flexibility index (Phi) is 6.22. The van der Waals surface area contributed by atoms with Crippen LogP contribution in [0.3, 0.4) is 0 Å². The Morgan fingerprint density at radius 2 is 1.93 bits per heavy atom. The summed E-state index contributed by atoms with van der Waals surface area (Å²) < 4.78 is 25.6. The summed E-state index contributed by atoms with van der Waals surface area (Å²) >= 11 is 0. The Morgan fingerprint density at radius 1 is 1.17 bits per heavy atom. The number of likely N-dealkylation sites (tertiary alicyclic amines) is 1. The molecule has 2 aromatic rings. The number of rotatable bonds is 7. The van der Waals surface area contributed by atoms with Gasteiger partial charge in [-0.2, -0.15) is 0 Å². The zero-order valence-corrected chi connectivity index (χ0v) is 17.4. The molecular weight excluding hydrogens is 390 g/mol. The summed E-state index contributed by atoms with van der Waals surface area (Å²) in [4.78, 5) is 26.2.